The largest absolute Gasteiger partial charge is 0.477 e. The molecule has 0 atom stereocenters. The number of aryl methyl sites for hydroxylation is 1. The van der Waals surface area contributed by atoms with Gasteiger partial charge in [-0.2, -0.15) is 5.26 Å². The number of aromatic amines is 1. The van der Waals surface area contributed by atoms with Crippen molar-refractivity contribution in [3.63, 3.8) is 0 Å². The van der Waals surface area contributed by atoms with Gasteiger partial charge in [0.25, 0.3) is 0 Å². The van der Waals surface area contributed by atoms with E-state index in [1.807, 2.05) is 24.4 Å². The van der Waals surface area contributed by atoms with Gasteiger partial charge in [0, 0.05) is 16.5 Å². The maximum absolute atomic E-state index is 8.61. The zero-order chi connectivity index (χ0) is 13.2. The highest BCUT2D eigenvalue weighted by Crippen LogP contribution is 2.37. The van der Waals surface area contributed by atoms with Crippen molar-refractivity contribution < 1.29 is 4.74 Å². The van der Waals surface area contributed by atoms with Crippen molar-refractivity contribution in [2.75, 3.05) is 6.61 Å². The molecule has 0 aliphatic heterocycles. The summed E-state index contributed by atoms with van der Waals surface area (Å²) in [4.78, 5) is 12.9. The first-order chi connectivity index (χ1) is 9.29. The van der Waals surface area contributed by atoms with Crippen molar-refractivity contribution in [2.45, 2.75) is 6.92 Å². The molecule has 0 saturated carbocycles. The van der Waals surface area contributed by atoms with Crippen LogP contribution in [0.5, 0.6) is 5.75 Å². The Morgan fingerprint density at radius 2 is 2.42 bits per heavy atom. The summed E-state index contributed by atoms with van der Waals surface area (Å²) in [5.41, 5.74) is 2.66. The van der Waals surface area contributed by atoms with Gasteiger partial charge in [0.2, 0.25) is 0 Å². The SMILES string of the molecule is Cc1scc(OCC#N)c1-c1nc2ccncc2[nH]1. The van der Waals surface area contributed by atoms with Gasteiger partial charge in [-0.15, -0.1) is 11.3 Å². The molecule has 3 aromatic rings. The fraction of sp³-hybridized carbons (Fsp3) is 0.154. The van der Waals surface area contributed by atoms with Gasteiger partial charge in [0.1, 0.15) is 17.6 Å². The molecule has 3 heterocycles. The van der Waals surface area contributed by atoms with Crippen LogP contribution >= 0.6 is 11.3 Å². The molecule has 94 valence electrons. The monoisotopic (exact) mass is 270 g/mol. The minimum Gasteiger partial charge on any atom is -0.477 e. The first-order valence-corrected chi connectivity index (χ1v) is 6.55. The van der Waals surface area contributed by atoms with Gasteiger partial charge in [-0.25, -0.2) is 4.98 Å². The van der Waals surface area contributed by atoms with E-state index in [1.54, 1.807) is 23.7 Å². The summed E-state index contributed by atoms with van der Waals surface area (Å²) in [7, 11) is 0. The van der Waals surface area contributed by atoms with E-state index in [0.29, 0.717) is 5.75 Å². The van der Waals surface area contributed by atoms with Gasteiger partial charge in [-0.3, -0.25) is 4.98 Å². The number of H-pyrrole nitrogens is 1. The van der Waals surface area contributed by atoms with Crippen molar-refractivity contribution >= 4 is 22.4 Å². The molecule has 6 heteroatoms. The number of fused-ring (bicyclic) bond motifs is 1. The molecule has 3 rings (SSSR count). The number of ether oxygens (including phenoxy) is 1. The zero-order valence-corrected chi connectivity index (χ0v) is 11.0. The number of hydrogen-bond donors (Lipinski definition) is 1. The molecule has 19 heavy (non-hydrogen) atoms. The van der Waals surface area contributed by atoms with Crippen LogP contribution in [-0.4, -0.2) is 21.6 Å². The molecule has 0 saturated heterocycles. The van der Waals surface area contributed by atoms with E-state index in [0.717, 1.165) is 27.3 Å². The van der Waals surface area contributed by atoms with E-state index in [4.69, 9.17) is 10.00 Å². The lowest BCUT2D eigenvalue weighted by atomic mass is 10.2. The Bertz CT molecular complexity index is 735. The molecule has 0 aromatic carbocycles. The van der Waals surface area contributed by atoms with Crippen molar-refractivity contribution in [1.29, 1.82) is 5.26 Å². The Morgan fingerprint density at radius 1 is 1.53 bits per heavy atom. The molecule has 0 radical (unpaired) electrons. The molecule has 0 fully saturated rings. The summed E-state index contributed by atoms with van der Waals surface area (Å²) in [5.74, 6) is 1.44. The Labute approximate surface area is 113 Å². The Kier molecular flexibility index (Phi) is 2.89. The molecule has 0 aliphatic carbocycles. The van der Waals surface area contributed by atoms with Crippen LogP contribution < -0.4 is 4.74 Å². The fourth-order valence-electron chi connectivity index (χ4n) is 1.91. The number of hydrogen-bond acceptors (Lipinski definition) is 5. The molecular weight excluding hydrogens is 260 g/mol. The van der Waals surface area contributed by atoms with Crippen molar-refractivity contribution in [2.24, 2.45) is 0 Å². The van der Waals surface area contributed by atoms with Gasteiger partial charge < -0.3 is 9.72 Å². The van der Waals surface area contributed by atoms with Crippen LogP contribution in [0.3, 0.4) is 0 Å². The molecular formula is C13H10N4OS. The van der Waals surface area contributed by atoms with Crippen LogP contribution in [0.15, 0.2) is 23.8 Å². The van der Waals surface area contributed by atoms with Crippen LogP contribution in [0.4, 0.5) is 0 Å². The summed E-state index contributed by atoms with van der Waals surface area (Å²) in [6, 6.07) is 3.83. The lowest BCUT2D eigenvalue weighted by Crippen LogP contribution is -1.94. The highest BCUT2D eigenvalue weighted by Gasteiger charge is 2.16. The summed E-state index contributed by atoms with van der Waals surface area (Å²) in [5, 5.41) is 10.5. The maximum Gasteiger partial charge on any atom is 0.174 e. The molecule has 3 aromatic heterocycles. The summed E-state index contributed by atoms with van der Waals surface area (Å²) < 4.78 is 5.43. The highest BCUT2D eigenvalue weighted by molar-refractivity contribution is 7.10. The Balaban J connectivity index is 2.10. The van der Waals surface area contributed by atoms with Crippen LogP contribution in [0.1, 0.15) is 4.88 Å². The smallest absolute Gasteiger partial charge is 0.174 e. The minimum absolute atomic E-state index is 0.0327. The van der Waals surface area contributed by atoms with E-state index >= 15 is 0 Å². The van der Waals surface area contributed by atoms with Crippen LogP contribution in [0, 0.1) is 18.3 Å². The van der Waals surface area contributed by atoms with E-state index in [1.165, 1.54) is 0 Å². The third-order valence-corrected chi connectivity index (χ3v) is 3.64. The van der Waals surface area contributed by atoms with Crippen LogP contribution in [0.2, 0.25) is 0 Å². The molecule has 0 amide bonds. The topological polar surface area (TPSA) is 74.6 Å². The fourth-order valence-corrected chi connectivity index (χ4v) is 2.69. The lowest BCUT2D eigenvalue weighted by molar-refractivity contribution is 0.371. The average Bonchev–Trinajstić information content (AvgIpc) is 2.99. The summed E-state index contributed by atoms with van der Waals surface area (Å²) >= 11 is 1.58. The normalized spacial score (nSPS) is 10.5. The number of nitrogens with one attached hydrogen (secondary N) is 1. The number of pyridine rings is 1. The first kappa shape index (κ1) is 11.7. The van der Waals surface area contributed by atoms with Gasteiger partial charge in [0.15, 0.2) is 6.61 Å². The number of aromatic nitrogens is 3. The van der Waals surface area contributed by atoms with Crippen LogP contribution in [0.25, 0.3) is 22.4 Å². The molecule has 1 N–H and O–H groups in total. The number of rotatable bonds is 3. The molecule has 0 spiro atoms. The van der Waals surface area contributed by atoms with E-state index < -0.39 is 0 Å². The predicted octanol–water partition coefficient (Wildman–Crippen LogP) is 2.90. The number of imidazole rings is 1. The van der Waals surface area contributed by atoms with Gasteiger partial charge >= 0.3 is 0 Å². The molecule has 0 bridgehead atoms. The average molecular weight is 270 g/mol. The third kappa shape index (κ3) is 2.04. The maximum atomic E-state index is 8.61. The minimum atomic E-state index is 0.0327. The predicted molar refractivity (Wildman–Crippen MR) is 73.0 cm³/mol. The first-order valence-electron chi connectivity index (χ1n) is 5.67. The highest BCUT2D eigenvalue weighted by atomic mass is 32.1. The van der Waals surface area contributed by atoms with Gasteiger partial charge in [-0.1, -0.05) is 0 Å². The van der Waals surface area contributed by atoms with E-state index in [-0.39, 0.29) is 6.61 Å². The quantitative estimate of drug-likeness (QED) is 0.794. The van der Waals surface area contributed by atoms with Crippen molar-refractivity contribution in [1.82, 2.24) is 15.0 Å². The second kappa shape index (κ2) is 4.71. The van der Waals surface area contributed by atoms with E-state index in [2.05, 4.69) is 15.0 Å². The second-order valence-corrected chi connectivity index (χ2v) is 5.04. The number of nitrogens with zero attached hydrogens (tertiary/aromatic N) is 3. The van der Waals surface area contributed by atoms with Crippen molar-refractivity contribution in [3.8, 4) is 23.2 Å². The Morgan fingerprint density at radius 3 is 3.21 bits per heavy atom. The van der Waals surface area contributed by atoms with Gasteiger partial charge in [0.05, 0.1) is 22.8 Å². The molecule has 0 aliphatic rings. The molecule has 5 nitrogen and oxygen atoms in total. The summed E-state index contributed by atoms with van der Waals surface area (Å²) in [6.07, 6.45) is 3.45. The van der Waals surface area contributed by atoms with Crippen LogP contribution in [-0.2, 0) is 0 Å². The number of thiophene rings is 1. The zero-order valence-electron chi connectivity index (χ0n) is 10.2. The summed E-state index contributed by atoms with van der Waals surface area (Å²) in [6.45, 7) is 2.04. The van der Waals surface area contributed by atoms with Gasteiger partial charge in [-0.05, 0) is 13.0 Å². The standard InChI is InChI=1S/C13H10N4OS/c1-8-12(11(7-19-8)18-5-3-14)13-16-9-2-4-15-6-10(9)17-13/h2,4,6-7H,5H2,1H3,(H,16,17). The second-order valence-electron chi connectivity index (χ2n) is 3.96. The number of nitriles is 1. The third-order valence-electron chi connectivity index (χ3n) is 2.75. The molecule has 0 unspecified atom stereocenters. The Hall–Kier alpha value is -2.39. The lowest BCUT2D eigenvalue weighted by Gasteiger charge is -2.02. The van der Waals surface area contributed by atoms with Crippen molar-refractivity contribution in [3.05, 3.63) is 28.7 Å². The van der Waals surface area contributed by atoms with E-state index in [9.17, 15) is 0 Å².